The van der Waals surface area contributed by atoms with E-state index in [1.165, 1.54) is 0 Å². The first-order chi connectivity index (χ1) is 6.83. The number of hydrogen-bond acceptors (Lipinski definition) is 2. The van der Waals surface area contributed by atoms with Gasteiger partial charge in [0, 0.05) is 19.1 Å². The average molecular weight is 249 g/mol. The van der Waals surface area contributed by atoms with Crippen LogP contribution in [0.1, 0.15) is 40.5 Å². The Morgan fingerprint density at radius 2 is 1.69 bits per heavy atom. The van der Waals surface area contributed by atoms with Crippen LogP contribution in [-0.4, -0.2) is 29.9 Å². The minimum atomic E-state index is -0.0498. The second-order valence-corrected chi connectivity index (χ2v) is 5.64. The average Bonchev–Trinajstić information content (AvgIpc) is 2.15. The topological polar surface area (TPSA) is 46.3 Å². The van der Waals surface area contributed by atoms with Gasteiger partial charge in [-0.2, -0.15) is 0 Å². The molecule has 1 amide bonds. The van der Waals surface area contributed by atoms with E-state index in [2.05, 4.69) is 13.8 Å². The SMILES string of the molecule is CC(N)C(C)C(=O)N1CCC(C)(C)CC1.Cl. The van der Waals surface area contributed by atoms with Crippen molar-refractivity contribution in [1.29, 1.82) is 0 Å². The summed E-state index contributed by atoms with van der Waals surface area (Å²) >= 11 is 0. The first-order valence-corrected chi connectivity index (χ1v) is 5.88. The van der Waals surface area contributed by atoms with Crippen LogP contribution in [0.4, 0.5) is 0 Å². The van der Waals surface area contributed by atoms with Gasteiger partial charge in [0.05, 0.1) is 5.92 Å². The Hall–Kier alpha value is -0.280. The number of amides is 1. The Morgan fingerprint density at radius 1 is 1.25 bits per heavy atom. The Balaban J connectivity index is 0.00000225. The summed E-state index contributed by atoms with van der Waals surface area (Å²) in [6.07, 6.45) is 2.20. The van der Waals surface area contributed by atoms with Crippen LogP contribution < -0.4 is 5.73 Å². The third-order valence-corrected chi connectivity index (χ3v) is 3.61. The number of nitrogens with zero attached hydrogens (tertiary/aromatic N) is 1. The van der Waals surface area contributed by atoms with E-state index in [0.29, 0.717) is 5.41 Å². The maximum absolute atomic E-state index is 12.0. The van der Waals surface area contributed by atoms with Gasteiger partial charge in [0.25, 0.3) is 0 Å². The molecule has 1 saturated heterocycles. The molecule has 0 bridgehead atoms. The highest BCUT2D eigenvalue weighted by atomic mass is 35.5. The second-order valence-electron chi connectivity index (χ2n) is 5.64. The van der Waals surface area contributed by atoms with Crippen LogP contribution in [0.25, 0.3) is 0 Å². The van der Waals surface area contributed by atoms with Gasteiger partial charge in [-0.3, -0.25) is 4.79 Å². The second kappa shape index (κ2) is 5.87. The molecule has 1 fully saturated rings. The maximum atomic E-state index is 12.0. The molecule has 0 spiro atoms. The molecule has 2 unspecified atom stereocenters. The van der Waals surface area contributed by atoms with E-state index in [1.807, 2.05) is 18.7 Å². The highest BCUT2D eigenvalue weighted by Crippen LogP contribution is 2.30. The zero-order valence-corrected chi connectivity index (χ0v) is 11.6. The summed E-state index contributed by atoms with van der Waals surface area (Å²) in [5, 5.41) is 0. The number of likely N-dealkylation sites (tertiary alicyclic amines) is 1. The first-order valence-electron chi connectivity index (χ1n) is 5.88. The molecule has 3 nitrogen and oxygen atoms in total. The molecule has 1 rings (SSSR count). The van der Waals surface area contributed by atoms with Crippen LogP contribution in [0, 0.1) is 11.3 Å². The van der Waals surface area contributed by atoms with E-state index in [1.54, 1.807) is 0 Å². The predicted octanol–water partition coefficient (Wildman–Crippen LogP) is 2.04. The summed E-state index contributed by atoms with van der Waals surface area (Å²) < 4.78 is 0. The molecule has 16 heavy (non-hydrogen) atoms. The van der Waals surface area contributed by atoms with Crippen LogP contribution >= 0.6 is 12.4 Å². The van der Waals surface area contributed by atoms with E-state index in [9.17, 15) is 4.79 Å². The molecule has 2 atom stereocenters. The van der Waals surface area contributed by atoms with E-state index in [0.717, 1.165) is 25.9 Å². The Bertz CT molecular complexity index is 231. The zero-order valence-electron chi connectivity index (χ0n) is 10.8. The number of hydrogen-bond donors (Lipinski definition) is 1. The fourth-order valence-corrected chi connectivity index (χ4v) is 1.85. The van der Waals surface area contributed by atoms with Gasteiger partial charge in [-0.1, -0.05) is 20.8 Å². The van der Waals surface area contributed by atoms with Crippen LogP contribution in [-0.2, 0) is 4.79 Å². The number of carbonyl (C=O) groups excluding carboxylic acids is 1. The Morgan fingerprint density at radius 3 is 2.06 bits per heavy atom. The summed E-state index contributed by atoms with van der Waals surface area (Å²) in [5.74, 6) is 0.173. The molecule has 0 aromatic carbocycles. The summed E-state index contributed by atoms with van der Waals surface area (Å²) in [6.45, 7) is 10.1. The van der Waals surface area contributed by atoms with Gasteiger partial charge in [0.2, 0.25) is 5.91 Å². The van der Waals surface area contributed by atoms with Gasteiger partial charge < -0.3 is 10.6 Å². The van der Waals surface area contributed by atoms with Crippen molar-refractivity contribution < 1.29 is 4.79 Å². The fourth-order valence-electron chi connectivity index (χ4n) is 1.85. The molecular weight excluding hydrogens is 224 g/mol. The normalized spacial score (nSPS) is 23.2. The van der Waals surface area contributed by atoms with Crippen molar-refractivity contribution in [3.05, 3.63) is 0 Å². The number of piperidine rings is 1. The van der Waals surface area contributed by atoms with E-state index in [-0.39, 0.29) is 30.3 Å². The van der Waals surface area contributed by atoms with Crippen LogP contribution in [0.5, 0.6) is 0 Å². The van der Waals surface area contributed by atoms with Crippen LogP contribution in [0.2, 0.25) is 0 Å². The molecule has 2 N–H and O–H groups in total. The number of nitrogens with two attached hydrogens (primary N) is 1. The third-order valence-electron chi connectivity index (χ3n) is 3.61. The molecular formula is C12H25ClN2O. The minimum Gasteiger partial charge on any atom is -0.342 e. The highest BCUT2D eigenvalue weighted by molar-refractivity contribution is 5.85. The molecule has 0 aromatic heterocycles. The maximum Gasteiger partial charge on any atom is 0.226 e. The first kappa shape index (κ1) is 15.7. The lowest BCUT2D eigenvalue weighted by Crippen LogP contribution is -2.46. The van der Waals surface area contributed by atoms with Gasteiger partial charge in [-0.15, -0.1) is 12.4 Å². The van der Waals surface area contributed by atoms with Crippen molar-refractivity contribution in [1.82, 2.24) is 4.90 Å². The molecule has 1 aliphatic rings. The lowest BCUT2D eigenvalue weighted by atomic mass is 9.82. The van der Waals surface area contributed by atoms with Crippen molar-refractivity contribution in [2.24, 2.45) is 17.1 Å². The summed E-state index contributed by atoms with van der Waals surface area (Å²) in [7, 11) is 0. The predicted molar refractivity (Wildman–Crippen MR) is 69.7 cm³/mol. The molecule has 0 radical (unpaired) electrons. The molecule has 0 aliphatic carbocycles. The molecule has 1 aliphatic heterocycles. The van der Waals surface area contributed by atoms with Crippen molar-refractivity contribution >= 4 is 18.3 Å². The Labute approximate surface area is 105 Å². The van der Waals surface area contributed by atoms with Crippen LogP contribution in [0.3, 0.4) is 0 Å². The molecule has 0 saturated carbocycles. The standard InChI is InChI=1S/C12H24N2O.ClH/c1-9(10(2)13)11(15)14-7-5-12(3,4)6-8-14;/h9-10H,5-8,13H2,1-4H3;1H. The fraction of sp³-hybridized carbons (Fsp3) is 0.917. The molecule has 1 heterocycles. The smallest absolute Gasteiger partial charge is 0.226 e. The van der Waals surface area contributed by atoms with Crippen molar-refractivity contribution in [2.45, 2.75) is 46.6 Å². The van der Waals surface area contributed by atoms with Gasteiger partial charge in [-0.25, -0.2) is 0 Å². The quantitative estimate of drug-likeness (QED) is 0.813. The third kappa shape index (κ3) is 3.95. The number of carbonyl (C=O) groups is 1. The monoisotopic (exact) mass is 248 g/mol. The van der Waals surface area contributed by atoms with Crippen molar-refractivity contribution in [2.75, 3.05) is 13.1 Å². The van der Waals surface area contributed by atoms with Gasteiger partial charge in [0.15, 0.2) is 0 Å². The summed E-state index contributed by atoms with van der Waals surface area (Å²) in [4.78, 5) is 14.0. The summed E-state index contributed by atoms with van der Waals surface area (Å²) in [6, 6.07) is -0.0487. The molecule has 4 heteroatoms. The van der Waals surface area contributed by atoms with E-state index >= 15 is 0 Å². The lowest BCUT2D eigenvalue weighted by molar-refractivity contribution is -0.137. The van der Waals surface area contributed by atoms with Crippen LogP contribution in [0.15, 0.2) is 0 Å². The highest BCUT2D eigenvalue weighted by Gasteiger charge is 2.30. The number of rotatable bonds is 2. The largest absolute Gasteiger partial charge is 0.342 e. The molecule has 0 aromatic rings. The van der Waals surface area contributed by atoms with Gasteiger partial charge in [-0.05, 0) is 25.2 Å². The van der Waals surface area contributed by atoms with E-state index in [4.69, 9.17) is 5.73 Å². The molecule has 96 valence electrons. The van der Waals surface area contributed by atoms with Gasteiger partial charge >= 0.3 is 0 Å². The zero-order chi connectivity index (χ0) is 11.6. The Kier molecular flexibility index (Phi) is 5.77. The van der Waals surface area contributed by atoms with E-state index < -0.39 is 0 Å². The minimum absolute atomic E-state index is 0. The van der Waals surface area contributed by atoms with Crippen molar-refractivity contribution in [3.8, 4) is 0 Å². The lowest BCUT2D eigenvalue weighted by Gasteiger charge is -2.38. The summed E-state index contributed by atoms with van der Waals surface area (Å²) in [5.41, 5.74) is 6.15. The van der Waals surface area contributed by atoms with Gasteiger partial charge in [0.1, 0.15) is 0 Å². The number of halogens is 1. The van der Waals surface area contributed by atoms with Crippen molar-refractivity contribution in [3.63, 3.8) is 0 Å².